The van der Waals surface area contributed by atoms with Crippen LogP contribution in [0, 0.1) is 26.0 Å². The number of fused-ring (bicyclic) bond motifs is 4. The molecule has 0 saturated heterocycles. The van der Waals surface area contributed by atoms with Crippen LogP contribution >= 0.6 is 11.3 Å². The molecule has 0 atom stereocenters. The van der Waals surface area contributed by atoms with Crippen LogP contribution in [0.3, 0.4) is 0 Å². The number of imidazole rings is 1. The Balaban J connectivity index is 0.000000246. The Hall–Kier alpha value is -5.26. The molecule has 0 N–H and O–H groups in total. The van der Waals surface area contributed by atoms with Crippen molar-refractivity contribution in [2.45, 2.75) is 13.8 Å². The normalized spacial score (nSPS) is 10.9. The number of hydrogen-bond donors (Lipinski definition) is 0. The van der Waals surface area contributed by atoms with Crippen molar-refractivity contribution in [2.75, 3.05) is 0 Å². The number of aryl methyl sites for hydroxylation is 2. The fraction of sp³-hybridized carbons (Fsp3) is 0.0465. The van der Waals surface area contributed by atoms with Crippen molar-refractivity contribution in [1.82, 2.24) is 19.5 Å². The van der Waals surface area contributed by atoms with E-state index in [2.05, 4.69) is 119 Å². The fourth-order valence-electron chi connectivity index (χ4n) is 6.12. The number of hydrogen-bond acceptors (Lipinski definition) is 4. The largest absolute Gasteiger partial charge is 0.333 e. The Morgan fingerprint density at radius 2 is 1.49 bits per heavy atom. The summed E-state index contributed by atoms with van der Waals surface area (Å²) in [7, 11) is 0. The van der Waals surface area contributed by atoms with Crippen molar-refractivity contribution in [2.24, 2.45) is 0 Å². The molecule has 0 fully saturated rings. The molecule has 4 aromatic heterocycles. The van der Waals surface area contributed by atoms with Gasteiger partial charge in [-0.1, -0.05) is 90.7 Å². The van der Waals surface area contributed by atoms with E-state index in [0.717, 1.165) is 45.1 Å². The Morgan fingerprint density at radius 1 is 0.714 bits per heavy atom. The van der Waals surface area contributed by atoms with Crippen molar-refractivity contribution in [3.8, 4) is 39.5 Å². The van der Waals surface area contributed by atoms with Gasteiger partial charge in [0.05, 0.1) is 23.1 Å². The van der Waals surface area contributed by atoms with E-state index in [-0.39, 0.29) is 20.1 Å². The van der Waals surface area contributed by atoms with Crippen LogP contribution in [0.1, 0.15) is 11.3 Å². The third-order valence-electron chi connectivity index (χ3n) is 8.42. The molecule has 4 nitrogen and oxygen atoms in total. The third kappa shape index (κ3) is 6.34. The minimum Gasteiger partial charge on any atom is -0.333 e. The quantitative estimate of drug-likeness (QED) is 0.166. The first-order valence-electron chi connectivity index (χ1n) is 15.9. The average molecular weight is 827 g/mol. The van der Waals surface area contributed by atoms with E-state index in [1.807, 2.05) is 73.0 Å². The van der Waals surface area contributed by atoms with Gasteiger partial charge >= 0.3 is 0 Å². The number of thiophene rings is 1. The van der Waals surface area contributed by atoms with E-state index in [9.17, 15) is 0 Å². The van der Waals surface area contributed by atoms with Gasteiger partial charge in [0, 0.05) is 42.4 Å². The van der Waals surface area contributed by atoms with Crippen molar-refractivity contribution in [3.05, 3.63) is 169 Å². The molecular formula is C43H30IrN4S-2. The van der Waals surface area contributed by atoms with Crippen LogP contribution in [0.5, 0.6) is 0 Å². The summed E-state index contributed by atoms with van der Waals surface area (Å²) >= 11 is 1.82. The molecule has 1 radical (unpaired) electrons. The van der Waals surface area contributed by atoms with Crippen molar-refractivity contribution in [3.63, 3.8) is 0 Å². The molecule has 6 heteroatoms. The topological polar surface area (TPSA) is 43.6 Å². The van der Waals surface area contributed by atoms with Gasteiger partial charge in [0.1, 0.15) is 0 Å². The monoisotopic (exact) mass is 827 g/mol. The van der Waals surface area contributed by atoms with Gasteiger partial charge in [0.25, 0.3) is 0 Å². The molecule has 9 rings (SSSR count). The number of pyridine rings is 2. The van der Waals surface area contributed by atoms with E-state index in [0.29, 0.717) is 0 Å². The predicted octanol–water partition coefficient (Wildman–Crippen LogP) is 11.1. The van der Waals surface area contributed by atoms with E-state index < -0.39 is 0 Å². The summed E-state index contributed by atoms with van der Waals surface area (Å²) in [5.74, 6) is 0.892. The minimum absolute atomic E-state index is 0. The first-order chi connectivity index (χ1) is 23.6. The molecule has 0 aliphatic carbocycles. The Labute approximate surface area is 303 Å². The molecule has 0 unspecified atom stereocenters. The maximum absolute atomic E-state index is 5.09. The second-order valence-electron chi connectivity index (χ2n) is 11.6. The van der Waals surface area contributed by atoms with Crippen molar-refractivity contribution >= 4 is 42.5 Å². The number of aromatic nitrogens is 4. The third-order valence-corrected chi connectivity index (χ3v) is 9.59. The van der Waals surface area contributed by atoms with Gasteiger partial charge in [-0.2, -0.15) is 11.3 Å². The molecule has 4 heterocycles. The molecule has 239 valence electrons. The van der Waals surface area contributed by atoms with Crippen molar-refractivity contribution < 1.29 is 20.1 Å². The summed E-state index contributed by atoms with van der Waals surface area (Å²) in [6, 6.07) is 52.4. The van der Waals surface area contributed by atoms with E-state index in [1.54, 1.807) is 6.20 Å². The molecule has 5 aromatic carbocycles. The SMILES string of the molecule is Cc1cc2c(cn1)nc(-c1[c-]cc(C)c3c1sc1cc(-c4ccccc4)ccc13)n2-c1ccccc1.[Ir].[c-]1ccccc1-c1ccccn1. The van der Waals surface area contributed by atoms with E-state index in [1.165, 1.54) is 36.9 Å². The summed E-state index contributed by atoms with van der Waals surface area (Å²) in [6.07, 6.45) is 3.66. The maximum atomic E-state index is 5.09. The minimum atomic E-state index is 0. The van der Waals surface area contributed by atoms with Gasteiger partial charge in [-0.3, -0.25) is 9.97 Å². The zero-order valence-electron chi connectivity index (χ0n) is 26.9. The molecular weight excluding hydrogens is 797 g/mol. The van der Waals surface area contributed by atoms with Crippen molar-refractivity contribution in [1.29, 1.82) is 0 Å². The molecule has 0 bridgehead atoms. The van der Waals surface area contributed by atoms with E-state index in [4.69, 9.17) is 4.98 Å². The average Bonchev–Trinajstić information content (AvgIpc) is 3.72. The molecule has 0 saturated carbocycles. The first-order valence-corrected chi connectivity index (χ1v) is 16.7. The van der Waals surface area contributed by atoms with Crippen LogP contribution in [0.15, 0.2) is 146 Å². The summed E-state index contributed by atoms with van der Waals surface area (Å²) in [5.41, 5.74) is 10.7. The fourth-order valence-corrected chi connectivity index (χ4v) is 7.43. The predicted molar refractivity (Wildman–Crippen MR) is 199 cm³/mol. The van der Waals surface area contributed by atoms with Crippen LogP contribution < -0.4 is 0 Å². The van der Waals surface area contributed by atoms with E-state index >= 15 is 0 Å². The van der Waals surface area contributed by atoms with Gasteiger partial charge in [-0.25, -0.2) is 0 Å². The van der Waals surface area contributed by atoms with Crippen LogP contribution in [0.25, 0.3) is 70.7 Å². The summed E-state index contributed by atoms with van der Waals surface area (Å²) in [6.45, 7) is 4.20. The Bertz CT molecular complexity index is 2470. The van der Waals surface area contributed by atoms with Gasteiger partial charge in [0.15, 0.2) is 0 Å². The molecule has 0 amide bonds. The smallest absolute Gasteiger partial charge is 0.0957 e. The van der Waals surface area contributed by atoms with Crippen LogP contribution in [-0.2, 0) is 20.1 Å². The number of para-hydroxylation sites is 1. The van der Waals surface area contributed by atoms with Gasteiger partial charge in [-0.15, -0.1) is 53.6 Å². The number of benzene rings is 5. The molecule has 0 aliphatic heterocycles. The summed E-state index contributed by atoms with van der Waals surface area (Å²) in [5, 5.41) is 2.56. The van der Waals surface area contributed by atoms with Crippen LogP contribution in [-0.4, -0.2) is 19.5 Å². The zero-order chi connectivity index (χ0) is 32.5. The molecule has 49 heavy (non-hydrogen) atoms. The Morgan fingerprint density at radius 3 is 2.24 bits per heavy atom. The number of rotatable bonds is 4. The van der Waals surface area contributed by atoms with Crippen LogP contribution in [0.4, 0.5) is 0 Å². The maximum Gasteiger partial charge on any atom is 0.0957 e. The molecule has 0 aliphatic rings. The first kappa shape index (κ1) is 32.3. The molecule has 9 aromatic rings. The van der Waals surface area contributed by atoms with Gasteiger partial charge < -0.3 is 9.55 Å². The summed E-state index contributed by atoms with van der Waals surface area (Å²) in [4.78, 5) is 13.8. The summed E-state index contributed by atoms with van der Waals surface area (Å²) < 4.78 is 4.73. The zero-order valence-corrected chi connectivity index (χ0v) is 30.1. The standard InChI is InChI=1S/C32H22N3S.C11H8N.Ir/c1-20-13-15-26(31-30(20)25-16-14-23(18-29(25)36-31)22-9-5-3-6-10-22)32-34-27-19-33-21(2)17-28(27)35(32)24-11-7-4-8-12-24;1-2-6-10(7-3-1)11-8-4-5-9-12-11;/h3-14,16-19H,1-2H3;1-6,8-9H;/q2*-1;. The number of nitrogens with zero attached hydrogens (tertiary/aromatic N) is 4. The van der Waals surface area contributed by atoms with Gasteiger partial charge in [0.2, 0.25) is 0 Å². The van der Waals surface area contributed by atoms with Gasteiger partial charge in [-0.05, 0) is 64.2 Å². The van der Waals surface area contributed by atoms with Crippen LogP contribution in [0.2, 0.25) is 0 Å². The Kier molecular flexibility index (Phi) is 9.27. The molecule has 0 spiro atoms. The second-order valence-corrected chi connectivity index (χ2v) is 12.7. The second kappa shape index (κ2) is 14.1.